The average molecular weight is 333 g/mol. The molecule has 0 aromatic heterocycles. The van der Waals surface area contributed by atoms with Crippen LogP contribution in [0.5, 0.6) is 5.75 Å². The van der Waals surface area contributed by atoms with Crippen molar-refractivity contribution in [3.8, 4) is 5.75 Å². The fourth-order valence-electron chi connectivity index (χ4n) is 1.78. The molecule has 0 aliphatic heterocycles. The Morgan fingerprint density at radius 2 is 2.21 bits per heavy atom. The number of halogens is 2. The summed E-state index contributed by atoms with van der Waals surface area (Å²) in [6, 6.07) is 3.11. The summed E-state index contributed by atoms with van der Waals surface area (Å²) in [5.74, 6) is 0.452. The van der Waals surface area contributed by atoms with Crippen molar-refractivity contribution in [2.45, 2.75) is 39.3 Å². The molecule has 0 heterocycles. The van der Waals surface area contributed by atoms with Gasteiger partial charge in [0.2, 0.25) is 0 Å². The predicted octanol–water partition coefficient (Wildman–Crippen LogP) is 3.20. The molecule has 0 saturated heterocycles. The first-order valence-electron chi connectivity index (χ1n) is 6.64. The zero-order chi connectivity index (χ0) is 14.3. The van der Waals surface area contributed by atoms with E-state index in [-0.39, 0.29) is 11.9 Å². The fraction of sp³-hybridized carbons (Fsp3) is 0.571. The van der Waals surface area contributed by atoms with Crippen molar-refractivity contribution in [3.05, 3.63) is 28.0 Å². The van der Waals surface area contributed by atoms with Crippen molar-refractivity contribution in [1.29, 1.82) is 0 Å². The Kier molecular flexibility index (Phi) is 7.34. The van der Waals surface area contributed by atoms with Crippen LogP contribution in [-0.4, -0.2) is 19.2 Å². The van der Waals surface area contributed by atoms with E-state index >= 15 is 0 Å². The molecular formula is C14H22BrFN2O. The molecule has 0 aliphatic carbocycles. The molecule has 19 heavy (non-hydrogen) atoms. The molecule has 1 rings (SSSR count). The summed E-state index contributed by atoms with van der Waals surface area (Å²) in [4.78, 5) is 0. The van der Waals surface area contributed by atoms with E-state index in [0.29, 0.717) is 17.6 Å². The maximum Gasteiger partial charge on any atom is 0.137 e. The number of nitrogens with one attached hydrogen (secondary N) is 1. The van der Waals surface area contributed by atoms with Crippen molar-refractivity contribution in [1.82, 2.24) is 5.32 Å². The van der Waals surface area contributed by atoms with Crippen LogP contribution in [-0.2, 0) is 6.54 Å². The number of hydrogen-bond donors (Lipinski definition) is 2. The molecule has 1 aromatic carbocycles. The van der Waals surface area contributed by atoms with Crippen LogP contribution in [0.4, 0.5) is 4.39 Å². The topological polar surface area (TPSA) is 47.3 Å². The molecule has 1 aromatic rings. The Balaban J connectivity index is 2.83. The quantitative estimate of drug-likeness (QED) is 0.768. The molecule has 0 saturated carbocycles. The smallest absolute Gasteiger partial charge is 0.137 e. The second kappa shape index (κ2) is 8.51. The standard InChI is InChI=1S/C14H22BrFN2O/c1-3-18-9-11-13(7-6-12(16)14(11)15)19-10(2)5-4-8-17/h6-7,10,18H,3-5,8-9,17H2,1-2H3/t10-/m0/s1. The highest BCUT2D eigenvalue weighted by Gasteiger charge is 2.14. The highest BCUT2D eigenvalue weighted by atomic mass is 79.9. The van der Waals surface area contributed by atoms with Crippen molar-refractivity contribution in [2.24, 2.45) is 5.73 Å². The van der Waals surface area contributed by atoms with Gasteiger partial charge in [-0.15, -0.1) is 0 Å². The van der Waals surface area contributed by atoms with Gasteiger partial charge in [0.1, 0.15) is 11.6 Å². The molecule has 0 radical (unpaired) electrons. The average Bonchev–Trinajstić information content (AvgIpc) is 2.40. The van der Waals surface area contributed by atoms with Crippen LogP contribution < -0.4 is 15.8 Å². The van der Waals surface area contributed by atoms with E-state index < -0.39 is 0 Å². The SMILES string of the molecule is CCNCc1c(O[C@@H](C)CCCN)ccc(F)c1Br. The molecule has 108 valence electrons. The molecule has 0 bridgehead atoms. The Hall–Kier alpha value is -0.650. The summed E-state index contributed by atoms with van der Waals surface area (Å²) in [5.41, 5.74) is 6.31. The third-order valence-electron chi connectivity index (χ3n) is 2.85. The van der Waals surface area contributed by atoms with Crippen LogP contribution in [0.15, 0.2) is 16.6 Å². The van der Waals surface area contributed by atoms with Gasteiger partial charge in [-0.3, -0.25) is 0 Å². The van der Waals surface area contributed by atoms with Gasteiger partial charge >= 0.3 is 0 Å². The van der Waals surface area contributed by atoms with Gasteiger partial charge < -0.3 is 15.8 Å². The molecule has 5 heteroatoms. The first-order chi connectivity index (χ1) is 9.10. The largest absolute Gasteiger partial charge is 0.490 e. The predicted molar refractivity (Wildman–Crippen MR) is 79.9 cm³/mol. The van der Waals surface area contributed by atoms with E-state index in [1.165, 1.54) is 6.07 Å². The molecule has 0 amide bonds. The Morgan fingerprint density at radius 3 is 2.84 bits per heavy atom. The minimum atomic E-state index is -0.269. The maximum atomic E-state index is 13.6. The lowest BCUT2D eigenvalue weighted by Gasteiger charge is -2.18. The molecular weight excluding hydrogens is 311 g/mol. The van der Waals surface area contributed by atoms with E-state index in [1.54, 1.807) is 6.07 Å². The minimum Gasteiger partial charge on any atom is -0.490 e. The van der Waals surface area contributed by atoms with E-state index in [2.05, 4.69) is 21.2 Å². The molecule has 0 fully saturated rings. The van der Waals surface area contributed by atoms with Crippen molar-refractivity contribution < 1.29 is 9.13 Å². The van der Waals surface area contributed by atoms with Crippen LogP contribution in [0.2, 0.25) is 0 Å². The van der Waals surface area contributed by atoms with Crippen LogP contribution >= 0.6 is 15.9 Å². The van der Waals surface area contributed by atoms with Gasteiger partial charge in [0.25, 0.3) is 0 Å². The lowest BCUT2D eigenvalue weighted by atomic mass is 10.1. The number of benzene rings is 1. The first-order valence-corrected chi connectivity index (χ1v) is 7.43. The zero-order valence-electron chi connectivity index (χ0n) is 11.5. The lowest BCUT2D eigenvalue weighted by Crippen LogP contribution is -2.18. The van der Waals surface area contributed by atoms with Gasteiger partial charge in [-0.2, -0.15) is 0 Å². The normalized spacial score (nSPS) is 12.5. The number of nitrogens with two attached hydrogens (primary N) is 1. The lowest BCUT2D eigenvalue weighted by molar-refractivity contribution is 0.206. The first kappa shape index (κ1) is 16.4. The highest BCUT2D eigenvalue weighted by molar-refractivity contribution is 9.10. The summed E-state index contributed by atoms with van der Waals surface area (Å²) in [7, 11) is 0. The number of ether oxygens (including phenoxy) is 1. The summed E-state index contributed by atoms with van der Waals surface area (Å²) in [5, 5.41) is 3.19. The maximum absolute atomic E-state index is 13.6. The molecule has 3 N–H and O–H groups in total. The van der Waals surface area contributed by atoms with E-state index in [9.17, 15) is 4.39 Å². The monoisotopic (exact) mass is 332 g/mol. The molecule has 1 atom stereocenters. The zero-order valence-corrected chi connectivity index (χ0v) is 13.1. The number of rotatable bonds is 8. The van der Waals surface area contributed by atoms with Gasteiger partial charge in [0, 0.05) is 12.1 Å². The second-order valence-corrected chi connectivity index (χ2v) is 5.27. The van der Waals surface area contributed by atoms with Crippen molar-refractivity contribution in [2.75, 3.05) is 13.1 Å². The van der Waals surface area contributed by atoms with Crippen molar-refractivity contribution in [3.63, 3.8) is 0 Å². The van der Waals surface area contributed by atoms with Gasteiger partial charge in [-0.05, 0) is 60.9 Å². The minimum absolute atomic E-state index is 0.0706. The van der Waals surface area contributed by atoms with Gasteiger partial charge in [-0.1, -0.05) is 6.92 Å². The van der Waals surface area contributed by atoms with E-state index in [0.717, 1.165) is 30.7 Å². The fourth-order valence-corrected chi connectivity index (χ4v) is 2.25. The third-order valence-corrected chi connectivity index (χ3v) is 3.71. The Bertz CT molecular complexity index is 401. The van der Waals surface area contributed by atoms with Crippen molar-refractivity contribution >= 4 is 15.9 Å². The van der Waals surface area contributed by atoms with Crippen LogP contribution in [0.25, 0.3) is 0 Å². The number of hydrogen-bond acceptors (Lipinski definition) is 3. The van der Waals surface area contributed by atoms with Crippen LogP contribution in [0, 0.1) is 5.82 Å². The summed E-state index contributed by atoms with van der Waals surface area (Å²) < 4.78 is 19.9. The summed E-state index contributed by atoms with van der Waals surface area (Å²) in [6.07, 6.45) is 1.89. The summed E-state index contributed by atoms with van der Waals surface area (Å²) >= 11 is 3.29. The Morgan fingerprint density at radius 1 is 1.47 bits per heavy atom. The highest BCUT2D eigenvalue weighted by Crippen LogP contribution is 2.30. The third kappa shape index (κ3) is 5.09. The molecule has 3 nitrogen and oxygen atoms in total. The van der Waals surface area contributed by atoms with E-state index in [1.807, 2.05) is 13.8 Å². The molecule has 0 aliphatic rings. The second-order valence-electron chi connectivity index (χ2n) is 4.48. The van der Waals surface area contributed by atoms with Gasteiger partial charge in [0.15, 0.2) is 0 Å². The molecule has 0 spiro atoms. The van der Waals surface area contributed by atoms with Gasteiger partial charge in [-0.25, -0.2) is 4.39 Å². The van der Waals surface area contributed by atoms with Crippen LogP contribution in [0.3, 0.4) is 0 Å². The van der Waals surface area contributed by atoms with Crippen LogP contribution in [0.1, 0.15) is 32.3 Å². The molecule has 0 unspecified atom stereocenters. The van der Waals surface area contributed by atoms with Gasteiger partial charge in [0.05, 0.1) is 10.6 Å². The van der Waals surface area contributed by atoms with E-state index in [4.69, 9.17) is 10.5 Å². The summed E-state index contributed by atoms with van der Waals surface area (Å²) in [6.45, 7) is 6.07. The Labute approximate surface area is 122 Å².